The number of hydrogen-bond acceptors (Lipinski definition) is 4. The van der Waals surface area contributed by atoms with E-state index >= 15 is 0 Å². The third-order valence-corrected chi connectivity index (χ3v) is 6.91. The third-order valence-electron chi connectivity index (χ3n) is 5.18. The van der Waals surface area contributed by atoms with Gasteiger partial charge in [-0.25, -0.2) is 0 Å². The zero-order valence-corrected chi connectivity index (χ0v) is 17.3. The Labute approximate surface area is 164 Å². The minimum atomic E-state index is -1.33. The second kappa shape index (κ2) is 10.5. The van der Waals surface area contributed by atoms with Crippen LogP contribution in [-0.4, -0.2) is 28.3 Å². The van der Waals surface area contributed by atoms with Crippen LogP contribution in [0.15, 0.2) is 41.3 Å². The van der Waals surface area contributed by atoms with Gasteiger partial charge in [0.2, 0.25) is 0 Å². The van der Waals surface area contributed by atoms with Crippen molar-refractivity contribution in [3.63, 3.8) is 0 Å². The molecule has 27 heavy (non-hydrogen) atoms. The molecule has 0 spiro atoms. The molecule has 2 rings (SSSR count). The molecule has 1 aromatic rings. The smallest absolute Gasteiger partial charge is 0.316 e. The highest BCUT2D eigenvalue weighted by molar-refractivity contribution is 7.85. The minimum Gasteiger partial charge on any atom is -0.468 e. The van der Waals surface area contributed by atoms with E-state index in [1.54, 1.807) is 0 Å². The number of methoxy groups -OCH3 is 1. The van der Waals surface area contributed by atoms with E-state index in [1.807, 2.05) is 37.3 Å². The Morgan fingerprint density at radius 2 is 2.00 bits per heavy atom. The van der Waals surface area contributed by atoms with Crippen molar-refractivity contribution in [3.05, 3.63) is 42.0 Å². The molecule has 1 aliphatic rings. The van der Waals surface area contributed by atoms with Crippen LogP contribution < -0.4 is 0 Å². The van der Waals surface area contributed by atoms with Crippen LogP contribution in [0.25, 0.3) is 0 Å². The lowest BCUT2D eigenvalue weighted by Gasteiger charge is -2.24. The molecule has 0 N–H and O–H groups in total. The van der Waals surface area contributed by atoms with Crippen LogP contribution in [0.5, 0.6) is 0 Å². The van der Waals surface area contributed by atoms with E-state index in [1.165, 1.54) is 7.11 Å². The van der Waals surface area contributed by atoms with Crippen LogP contribution in [0.1, 0.15) is 51.0 Å². The van der Waals surface area contributed by atoms with Crippen molar-refractivity contribution in [2.75, 3.05) is 7.11 Å². The molecule has 0 radical (unpaired) electrons. The normalized spacial score (nSPS) is 22.1. The van der Waals surface area contributed by atoms with Crippen LogP contribution in [0.2, 0.25) is 0 Å². The fraction of sp³-hybridized carbons (Fsp3) is 0.545. The van der Waals surface area contributed by atoms with Gasteiger partial charge >= 0.3 is 5.97 Å². The maximum absolute atomic E-state index is 13.3. The lowest BCUT2D eigenvalue weighted by Crippen LogP contribution is -2.34. The molecular weight excluding hydrogens is 360 g/mol. The summed E-state index contributed by atoms with van der Waals surface area (Å²) in [6.07, 6.45) is 9.24. The fourth-order valence-corrected chi connectivity index (χ4v) is 5.19. The maximum atomic E-state index is 13.3. The van der Waals surface area contributed by atoms with Crippen LogP contribution >= 0.6 is 0 Å². The number of ketones is 1. The molecular formula is C22H30O4S. The summed E-state index contributed by atoms with van der Waals surface area (Å²) in [7, 11) is -0.0244. The number of ether oxygens (including phenoxy) is 1. The summed E-state index contributed by atoms with van der Waals surface area (Å²) >= 11 is 0. The average molecular weight is 391 g/mol. The van der Waals surface area contributed by atoms with E-state index in [9.17, 15) is 13.8 Å². The van der Waals surface area contributed by atoms with Gasteiger partial charge in [-0.05, 0) is 44.2 Å². The average Bonchev–Trinajstić information content (AvgIpc) is 3.05. The number of hydrogen-bond donors (Lipinski definition) is 0. The Balaban J connectivity index is 2.28. The number of rotatable bonds is 9. The van der Waals surface area contributed by atoms with E-state index in [2.05, 4.69) is 13.0 Å². The van der Waals surface area contributed by atoms with Crippen molar-refractivity contribution in [2.24, 2.45) is 11.8 Å². The van der Waals surface area contributed by atoms with Crippen LogP contribution in [0, 0.1) is 18.8 Å². The monoisotopic (exact) mass is 390 g/mol. The Morgan fingerprint density at radius 1 is 1.30 bits per heavy atom. The molecule has 1 fully saturated rings. The third kappa shape index (κ3) is 5.61. The quantitative estimate of drug-likeness (QED) is 0.272. The summed E-state index contributed by atoms with van der Waals surface area (Å²) in [5.41, 5.74) is 1.10. The molecule has 4 atom stereocenters. The number of carbonyl (C=O) groups excluding carboxylic acids is 2. The van der Waals surface area contributed by atoms with Gasteiger partial charge in [-0.1, -0.05) is 49.6 Å². The Kier molecular flexibility index (Phi) is 8.42. The molecule has 0 heterocycles. The molecule has 0 aliphatic heterocycles. The molecule has 0 aromatic heterocycles. The summed E-state index contributed by atoms with van der Waals surface area (Å²) < 4.78 is 18.2. The van der Waals surface area contributed by atoms with Crippen molar-refractivity contribution < 1.29 is 18.5 Å². The molecule has 1 aromatic carbocycles. The Morgan fingerprint density at radius 3 is 2.63 bits per heavy atom. The van der Waals surface area contributed by atoms with Crippen molar-refractivity contribution in [2.45, 2.75) is 62.5 Å². The standard InChI is InChI=1S/C22H30O4S/c1-4-5-6-7-8-9-20(27(25)17-12-10-16(2)11-13-17)18-14-15-19(23)21(18)22(24)26-3/h8-13,18,20-21H,4-7,14-15H2,1-3H3/b9-8+. The first-order valence-electron chi connectivity index (χ1n) is 9.74. The molecule has 0 bridgehead atoms. The number of unbranched alkanes of at least 4 members (excludes halogenated alkanes) is 3. The van der Waals surface area contributed by atoms with Crippen LogP contribution in [0.3, 0.4) is 0 Å². The zero-order chi connectivity index (χ0) is 19.8. The van der Waals surface area contributed by atoms with E-state index in [0.29, 0.717) is 12.8 Å². The summed E-state index contributed by atoms with van der Waals surface area (Å²) in [6, 6.07) is 7.61. The highest BCUT2D eigenvalue weighted by Crippen LogP contribution is 2.36. The molecule has 1 aliphatic carbocycles. The summed E-state index contributed by atoms with van der Waals surface area (Å²) in [4.78, 5) is 25.2. The highest BCUT2D eigenvalue weighted by Gasteiger charge is 2.45. The number of carbonyl (C=O) groups is 2. The maximum Gasteiger partial charge on any atom is 0.316 e. The van der Waals surface area contributed by atoms with Gasteiger partial charge in [0, 0.05) is 11.3 Å². The minimum absolute atomic E-state index is 0.0999. The van der Waals surface area contributed by atoms with Crippen molar-refractivity contribution >= 4 is 22.6 Å². The van der Waals surface area contributed by atoms with E-state index in [0.717, 1.165) is 36.1 Å². The number of aryl methyl sites for hydroxylation is 1. The molecule has 148 valence electrons. The molecule has 0 saturated heterocycles. The zero-order valence-electron chi connectivity index (χ0n) is 16.5. The SMILES string of the molecule is CCCCC/C=C/C(C1CCC(=O)C1C(=O)OC)S(=O)c1ccc(C)cc1. The second-order valence-electron chi connectivity index (χ2n) is 7.17. The molecule has 0 amide bonds. The van der Waals surface area contributed by atoms with Gasteiger partial charge in [0.15, 0.2) is 0 Å². The summed E-state index contributed by atoms with van der Waals surface area (Å²) in [5, 5.41) is -0.370. The van der Waals surface area contributed by atoms with Gasteiger partial charge < -0.3 is 4.74 Å². The van der Waals surface area contributed by atoms with Gasteiger partial charge in [-0.2, -0.15) is 0 Å². The molecule has 4 unspecified atom stereocenters. The largest absolute Gasteiger partial charge is 0.468 e. The first-order valence-corrected chi connectivity index (χ1v) is 10.9. The van der Waals surface area contributed by atoms with Gasteiger partial charge in [-0.15, -0.1) is 0 Å². The fourth-order valence-electron chi connectivity index (χ4n) is 3.60. The Bertz CT molecular complexity index is 693. The van der Waals surface area contributed by atoms with E-state index in [-0.39, 0.29) is 17.0 Å². The molecule has 1 saturated carbocycles. The van der Waals surface area contributed by atoms with Crippen LogP contribution in [-0.2, 0) is 25.1 Å². The molecule has 5 heteroatoms. The van der Waals surface area contributed by atoms with Gasteiger partial charge in [0.05, 0.1) is 23.2 Å². The first-order chi connectivity index (χ1) is 13.0. The number of Topliss-reactive ketones (excluding diaryl/α,β-unsaturated/α-hetero) is 1. The van der Waals surface area contributed by atoms with Crippen molar-refractivity contribution in [1.82, 2.24) is 0 Å². The van der Waals surface area contributed by atoms with E-state index < -0.39 is 22.7 Å². The van der Waals surface area contributed by atoms with Gasteiger partial charge in [-0.3, -0.25) is 13.8 Å². The number of benzene rings is 1. The summed E-state index contributed by atoms with van der Waals surface area (Å²) in [6.45, 7) is 4.14. The highest BCUT2D eigenvalue weighted by atomic mass is 32.2. The predicted molar refractivity (Wildman–Crippen MR) is 108 cm³/mol. The van der Waals surface area contributed by atoms with Crippen molar-refractivity contribution in [3.8, 4) is 0 Å². The van der Waals surface area contributed by atoms with Crippen LogP contribution in [0.4, 0.5) is 0 Å². The van der Waals surface area contributed by atoms with Gasteiger partial charge in [0.1, 0.15) is 11.7 Å². The predicted octanol–water partition coefficient (Wildman–Crippen LogP) is 4.38. The molecule has 4 nitrogen and oxygen atoms in total. The first kappa shape index (κ1) is 21.5. The number of esters is 1. The second-order valence-corrected chi connectivity index (χ2v) is 8.78. The lowest BCUT2D eigenvalue weighted by molar-refractivity contribution is -0.149. The summed E-state index contributed by atoms with van der Waals surface area (Å²) in [5.74, 6) is -1.70. The Hall–Kier alpha value is -1.75. The van der Waals surface area contributed by atoms with E-state index in [4.69, 9.17) is 4.74 Å². The van der Waals surface area contributed by atoms with Crippen molar-refractivity contribution in [1.29, 1.82) is 0 Å². The van der Waals surface area contributed by atoms with Gasteiger partial charge in [0.25, 0.3) is 0 Å². The topological polar surface area (TPSA) is 60.4 Å². The lowest BCUT2D eigenvalue weighted by atomic mass is 9.91. The number of allylic oxidation sites excluding steroid dienone is 1.